The molecule has 0 radical (unpaired) electrons. The Bertz CT molecular complexity index is 616. The maximum atomic E-state index is 13.0. The van der Waals surface area contributed by atoms with Crippen LogP contribution in [0.5, 0.6) is 0 Å². The lowest BCUT2D eigenvalue weighted by molar-refractivity contribution is -0.147. The fourth-order valence-corrected chi connectivity index (χ4v) is 3.43. The monoisotopic (exact) mass is 430 g/mol. The van der Waals surface area contributed by atoms with E-state index in [0.717, 1.165) is 0 Å². The van der Waals surface area contributed by atoms with Gasteiger partial charge in [0.25, 0.3) is 5.12 Å². The van der Waals surface area contributed by atoms with Gasteiger partial charge in [0.1, 0.15) is 12.5 Å². The third-order valence-electron chi connectivity index (χ3n) is 4.56. The van der Waals surface area contributed by atoms with Gasteiger partial charge in [-0.15, -0.1) is 0 Å². The highest BCUT2D eigenvalue weighted by atomic mass is 32.2. The third kappa shape index (κ3) is 8.55. The van der Waals surface area contributed by atoms with Gasteiger partial charge in [-0.1, -0.05) is 25.6 Å². The van der Waals surface area contributed by atoms with E-state index in [1.165, 1.54) is 0 Å². The zero-order chi connectivity index (χ0) is 22.8. The van der Waals surface area contributed by atoms with Crippen molar-refractivity contribution in [1.82, 2.24) is 10.2 Å². The fourth-order valence-electron chi connectivity index (χ4n) is 2.49. The van der Waals surface area contributed by atoms with Crippen LogP contribution in [0.2, 0.25) is 0 Å². The van der Waals surface area contributed by atoms with Gasteiger partial charge in [-0.2, -0.15) is 0 Å². The van der Waals surface area contributed by atoms with Gasteiger partial charge in [0.15, 0.2) is 0 Å². The molecule has 0 spiro atoms. The predicted molar refractivity (Wildman–Crippen MR) is 112 cm³/mol. The first-order valence-electron chi connectivity index (χ1n) is 9.95. The molecule has 0 fully saturated rings. The Balaban J connectivity index is 5.56. The Morgan fingerprint density at radius 3 is 2.03 bits per heavy atom. The minimum Gasteiger partial charge on any atom is -0.466 e. The van der Waals surface area contributed by atoms with Crippen LogP contribution in [-0.4, -0.2) is 64.1 Å². The van der Waals surface area contributed by atoms with Crippen molar-refractivity contribution in [2.24, 2.45) is 5.92 Å². The first-order valence-corrected chi connectivity index (χ1v) is 10.8. The molecule has 0 bridgehead atoms. The van der Waals surface area contributed by atoms with Gasteiger partial charge in [-0.25, -0.2) is 0 Å². The van der Waals surface area contributed by atoms with Crippen LogP contribution in [0, 0.1) is 5.92 Å². The zero-order valence-corrected chi connectivity index (χ0v) is 19.3. The number of carbonyl (C=O) groups excluding carboxylic acids is 5. The van der Waals surface area contributed by atoms with Crippen molar-refractivity contribution in [2.75, 3.05) is 19.7 Å². The van der Waals surface area contributed by atoms with E-state index in [0.29, 0.717) is 31.3 Å². The quantitative estimate of drug-likeness (QED) is 0.286. The molecule has 0 aromatic rings. The van der Waals surface area contributed by atoms with Crippen molar-refractivity contribution in [2.45, 2.75) is 72.1 Å². The summed E-state index contributed by atoms with van der Waals surface area (Å²) in [7, 11) is 0. The largest absolute Gasteiger partial charge is 0.466 e. The molecule has 0 aromatic carbocycles. The van der Waals surface area contributed by atoms with E-state index in [9.17, 15) is 24.0 Å². The van der Waals surface area contributed by atoms with Crippen molar-refractivity contribution < 1.29 is 28.7 Å². The van der Waals surface area contributed by atoms with Gasteiger partial charge in [0.05, 0.1) is 6.61 Å². The number of likely N-dealkylation sites (N-methyl/N-ethyl adjacent to an activating group) is 1. The summed E-state index contributed by atoms with van der Waals surface area (Å²) in [5.41, 5.74) is 0. The molecule has 2 unspecified atom stereocenters. The van der Waals surface area contributed by atoms with Crippen LogP contribution >= 0.6 is 11.8 Å². The number of esters is 1. The second kappa shape index (κ2) is 12.6. The molecule has 29 heavy (non-hydrogen) atoms. The fraction of sp³-hybridized carbons (Fsp3) is 0.750. The minimum absolute atomic E-state index is 0.112. The van der Waals surface area contributed by atoms with Crippen molar-refractivity contribution in [1.29, 1.82) is 0 Å². The highest BCUT2D eigenvalue weighted by molar-refractivity contribution is 8.16. The minimum atomic E-state index is -1.11. The van der Waals surface area contributed by atoms with Crippen molar-refractivity contribution >= 4 is 40.4 Å². The van der Waals surface area contributed by atoms with E-state index in [-0.39, 0.29) is 24.3 Å². The average Bonchev–Trinajstić information content (AvgIpc) is 2.65. The number of carbonyl (C=O) groups is 5. The molecule has 0 aliphatic rings. The molecule has 0 saturated carbocycles. The van der Waals surface area contributed by atoms with Crippen LogP contribution < -0.4 is 5.32 Å². The summed E-state index contributed by atoms with van der Waals surface area (Å²) in [6, 6.07) is -1.01. The molecule has 166 valence electrons. The summed E-state index contributed by atoms with van der Waals surface area (Å²) < 4.78 is 3.58. The molecule has 2 atom stereocenters. The molecular formula is C20H34N2O6S. The molecular weight excluding hydrogens is 396 g/mol. The molecule has 0 aliphatic carbocycles. The second-order valence-corrected chi connectivity index (χ2v) is 8.79. The lowest BCUT2D eigenvalue weighted by atomic mass is 9.99. The first kappa shape index (κ1) is 27.1. The second-order valence-electron chi connectivity index (χ2n) is 7.16. The van der Waals surface area contributed by atoms with Crippen molar-refractivity contribution in [3.63, 3.8) is 0 Å². The summed E-state index contributed by atoms with van der Waals surface area (Å²) >= 11 is 0.648. The van der Waals surface area contributed by atoms with Gasteiger partial charge >= 0.3 is 5.97 Å². The van der Waals surface area contributed by atoms with Gasteiger partial charge in [0, 0.05) is 23.8 Å². The maximum Gasteiger partial charge on any atom is 0.313 e. The lowest BCUT2D eigenvalue weighted by Crippen LogP contribution is -2.58. The van der Waals surface area contributed by atoms with Crippen LogP contribution in [0.3, 0.4) is 0 Å². The summed E-state index contributed by atoms with van der Waals surface area (Å²) in [5, 5.41) is 1.91. The number of hydrogen-bond acceptors (Lipinski definition) is 7. The summed E-state index contributed by atoms with van der Waals surface area (Å²) in [6.45, 7) is 13.1. The number of amides is 2. The van der Waals surface area contributed by atoms with Crippen molar-refractivity contribution in [3.8, 4) is 0 Å². The normalized spacial score (nSPS) is 13.2. The average molecular weight is 431 g/mol. The van der Waals surface area contributed by atoms with E-state index in [1.54, 1.807) is 32.6 Å². The van der Waals surface area contributed by atoms with E-state index < -0.39 is 34.1 Å². The van der Waals surface area contributed by atoms with Crippen LogP contribution in [-0.2, 0) is 28.7 Å². The van der Waals surface area contributed by atoms with Crippen LogP contribution in [0.1, 0.15) is 61.3 Å². The molecule has 9 heteroatoms. The van der Waals surface area contributed by atoms with Gasteiger partial charge in [-0.05, 0) is 41.0 Å². The summed E-state index contributed by atoms with van der Waals surface area (Å²) in [6.07, 6.45) is -0.0494. The number of nitrogens with one attached hydrogen (secondary N) is 1. The zero-order valence-electron chi connectivity index (χ0n) is 18.5. The smallest absolute Gasteiger partial charge is 0.313 e. The number of Topliss-reactive ketones (excluding diaryl/α,β-unsaturated/α-hetero) is 1. The Labute approximate surface area is 177 Å². The van der Waals surface area contributed by atoms with Crippen molar-refractivity contribution in [3.05, 3.63) is 0 Å². The SMILES string of the molecule is CCOC(=O)CC(=O)C(=O)SC(C)(C)C(NC(=O)C(C)CC)C(=O)N(CC)CC. The number of ketones is 1. The number of rotatable bonds is 12. The maximum absolute atomic E-state index is 13.0. The number of hydrogen-bond donors (Lipinski definition) is 1. The molecule has 1 N–H and O–H groups in total. The molecule has 0 heterocycles. The number of thioether (sulfide) groups is 1. The Hall–Kier alpha value is -1.90. The van der Waals surface area contributed by atoms with Crippen LogP contribution in [0.15, 0.2) is 0 Å². The Morgan fingerprint density at radius 1 is 1.03 bits per heavy atom. The van der Waals surface area contributed by atoms with Gasteiger partial charge in [-0.3, -0.25) is 24.0 Å². The number of ether oxygens (including phenoxy) is 1. The van der Waals surface area contributed by atoms with E-state index in [2.05, 4.69) is 5.32 Å². The standard InChI is InChI=1S/C20H34N2O6S/c1-8-13(5)17(25)21-16(18(26)22(9-2)10-3)20(6,7)29-19(27)14(23)12-15(24)28-11-4/h13,16H,8-12H2,1-7H3,(H,21,25). The molecule has 8 nitrogen and oxygen atoms in total. The Kier molecular flexibility index (Phi) is 11.8. The predicted octanol–water partition coefficient (Wildman–Crippen LogP) is 1.95. The third-order valence-corrected chi connectivity index (χ3v) is 5.73. The highest BCUT2D eigenvalue weighted by Crippen LogP contribution is 2.31. The van der Waals surface area contributed by atoms with Crippen LogP contribution in [0.4, 0.5) is 0 Å². The lowest BCUT2D eigenvalue weighted by Gasteiger charge is -2.36. The summed E-state index contributed by atoms with van der Waals surface area (Å²) in [4.78, 5) is 63.0. The Morgan fingerprint density at radius 2 is 1.59 bits per heavy atom. The molecule has 0 aromatic heterocycles. The summed E-state index contributed by atoms with van der Waals surface area (Å²) in [5.74, 6) is -2.59. The van der Waals surface area contributed by atoms with Gasteiger partial charge in [0.2, 0.25) is 17.6 Å². The topological polar surface area (TPSA) is 110 Å². The van der Waals surface area contributed by atoms with Gasteiger partial charge < -0.3 is 15.0 Å². The highest BCUT2D eigenvalue weighted by Gasteiger charge is 2.42. The van der Waals surface area contributed by atoms with E-state index in [4.69, 9.17) is 4.74 Å². The molecule has 0 aliphatic heterocycles. The molecule has 0 saturated heterocycles. The molecule has 0 rings (SSSR count). The molecule has 2 amide bonds. The van der Waals surface area contributed by atoms with E-state index >= 15 is 0 Å². The van der Waals surface area contributed by atoms with Crippen LogP contribution in [0.25, 0.3) is 0 Å². The number of nitrogens with zero attached hydrogens (tertiary/aromatic N) is 1. The first-order chi connectivity index (χ1) is 13.4. The van der Waals surface area contributed by atoms with E-state index in [1.807, 2.05) is 20.8 Å².